The quantitative estimate of drug-likeness (QED) is 0.567. The number of fused-ring (bicyclic) bond motifs is 4. The average molecular weight is 424 g/mol. The number of rotatable bonds is 3. The van der Waals surface area contributed by atoms with Crippen molar-refractivity contribution in [3.63, 3.8) is 0 Å². The van der Waals surface area contributed by atoms with E-state index in [-0.39, 0.29) is 17.4 Å². The summed E-state index contributed by atoms with van der Waals surface area (Å²) in [6.07, 6.45) is 5.01. The van der Waals surface area contributed by atoms with Crippen molar-refractivity contribution in [3.8, 4) is 22.6 Å². The third kappa shape index (κ3) is 2.75. The zero-order valence-corrected chi connectivity index (χ0v) is 16.2. The minimum Gasteiger partial charge on any atom is -0.508 e. The van der Waals surface area contributed by atoms with E-state index in [0.29, 0.717) is 17.9 Å². The maximum Gasteiger partial charge on any atom is 0.534 e. The molecule has 1 N–H and O–H groups in total. The van der Waals surface area contributed by atoms with Crippen LogP contribution in [0.3, 0.4) is 0 Å². The molecular weight excluding hydrogens is 405 g/mol. The highest BCUT2D eigenvalue weighted by molar-refractivity contribution is 7.88. The average Bonchev–Trinajstić information content (AvgIpc) is 3.19. The molecule has 2 unspecified atom stereocenters. The highest BCUT2D eigenvalue weighted by atomic mass is 32.2. The summed E-state index contributed by atoms with van der Waals surface area (Å²) >= 11 is 0. The lowest BCUT2D eigenvalue weighted by molar-refractivity contribution is -0.0500. The van der Waals surface area contributed by atoms with Crippen molar-refractivity contribution in [2.75, 3.05) is 0 Å². The highest BCUT2D eigenvalue weighted by Gasteiger charge is 2.50. The first-order valence-electron chi connectivity index (χ1n) is 9.68. The van der Waals surface area contributed by atoms with Crippen molar-refractivity contribution < 1.29 is 30.9 Å². The number of hydrogen-bond donors (Lipinski definition) is 1. The normalized spacial score (nSPS) is 22.6. The second-order valence-electron chi connectivity index (χ2n) is 8.08. The molecule has 3 aliphatic carbocycles. The molecule has 4 nitrogen and oxygen atoms in total. The van der Waals surface area contributed by atoms with E-state index in [9.17, 15) is 26.7 Å². The molecule has 154 valence electrons. The van der Waals surface area contributed by atoms with Crippen molar-refractivity contribution in [3.05, 3.63) is 46.5 Å². The van der Waals surface area contributed by atoms with Gasteiger partial charge in [0.15, 0.2) is 0 Å². The summed E-state index contributed by atoms with van der Waals surface area (Å²) in [4.78, 5) is 0. The number of aromatic hydroxyl groups is 1. The SMILES string of the molecule is O=S(=O)(Oc1ccc(-c2ccc(O)c3c2CCC3)c2c1CC1CCC21)C(F)(F)F. The van der Waals surface area contributed by atoms with Crippen LogP contribution in [0, 0.1) is 5.92 Å². The zero-order chi connectivity index (χ0) is 20.6. The Bertz CT molecular complexity index is 1120. The van der Waals surface area contributed by atoms with E-state index in [1.54, 1.807) is 12.1 Å². The largest absolute Gasteiger partial charge is 0.534 e. The van der Waals surface area contributed by atoms with Crippen molar-refractivity contribution in [1.29, 1.82) is 0 Å². The van der Waals surface area contributed by atoms with Crippen LogP contribution in [0.25, 0.3) is 11.1 Å². The molecule has 2 atom stereocenters. The molecule has 8 heteroatoms. The first kappa shape index (κ1) is 18.8. The van der Waals surface area contributed by atoms with E-state index in [2.05, 4.69) is 4.18 Å². The third-order valence-corrected chi connectivity index (χ3v) is 7.57. The van der Waals surface area contributed by atoms with Crippen LogP contribution < -0.4 is 4.18 Å². The second kappa shape index (κ2) is 6.14. The highest BCUT2D eigenvalue weighted by Crippen LogP contribution is 2.57. The summed E-state index contributed by atoms with van der Waals surface area (Å²) in [5, 5.41) is 10.2. The van der Waals surface area contributed by atoms with Crippen molar-refractivity contribution >= 4 is 10.1 Å². The number of phenolic OH excluding ortho intramolecular Hbond substituents is 1. The molecule has 2 aromatic carbocycles. The van der Waals surface area contributed by atoms with Crippen LogP contribution >= 0.6 is 0 Å². The Kier molecular flexibility index (Phi) is 3.98. The van der Waals surface area contributed by atoms with Crippen LogP contribution in [0.15, 0.2) is 24.3 Å². The summed E-state index contributed by atoms with van der Waals surface area (Å²) in [7, 11) is -5.71. The number of hydrogen-bond acceptors (Lipinski definition) is 4. The zero-order valence-electron chi connectivity index (χ0n) is 15.4. The van der Waals surface area contributed by atoms with Gasteiger partial charge in [-0.05, 0) is 90.3 Å². The van der Waals surface area contributed by atoms with Crippen molar-refractivity contribution in [1.82, 2.24) is 0 Å². The Morgan fingerprint density at radius 3 is 2.38 bits per heavy atom. The molecular formula is C21H19F3O4S. The predicted molar refractivity (Wildman–Crippen MR) is 100 cm³/mol. The van der Waals surface area contributed by atoms with Crippen LogP contribution in [0.4, 0.5) is 13.2 Å². The lowest BCUT2D eigenvalue weighted by Crippen LogP contribution is -2.28. The minimum absolute atomic E-state index is 0.211. The molecule has 1 fully saturated rings. The predicted octanol–water partition coefficient (Wildman–Crippen LogP) is 4.83. The number of phenols is 1. The van der Waals surface area contributed by atoms with Gasteiger partial charge in [0.25, 0.3) is 0 Å². The van der Waals surface area contributed by atoms with E-state index >= 15 is 0 Å². The smallest absolute Gasteiger partial charge is 0.508 e. The molecule has 0 aliphatic heterocycles. The summed E-state index contributed by atoms with van der Waals surface area (Å²) in [6, 6.07) is 6.54. The number of benzene rings is 2. The van der Waals surface area contributed by atoms with Crippen LogP contribution in [-0.4, -0.2) is 19.0 Å². The van der Waals surface area contributed by atoms with E-state index in [0.717, 1.165) is 59.9 Å². The Hall–Kier alpha value is -2.22. The van der Waals surface area contributed by atoms with Gasteiger partial charge in [-0.3, -0.25) is 0 Å². The fourth-order valence-corrected chi connectivity index (χ4v) is 5.64. The Morgan fingerprint density at radius 1 is 0.966 bits per heavy atom. The van der Waals surface area contributed by atoms with Crippen LogP contribution in [0.1, 0.15) is 47.4 Å². The minimum atomic E-state index is -5.71. The molecule has 2 aromatic rings. The van der Waals surface area contributed by atoms with Crippen molar-refractivity contribution in [2.24, 2.45) is 5.92 Å². The Labute approximate surface area is 166 Å². The van der Waals surface area contributed by atoms with E-state index in [1.807, 2.05) is 6.07 Å². The molecule has 29 heavy (non-hydrogen) atoms. The monoisotopic (exact) mass is 424 g/mol. The Balaban J connectivity index is 1.66. The molecule has 3 aliphatic rings. The van der Waals surface area contributed by atoms with Crippen LogP contribution in [-0.2, 0) is 29.4 Å². The third-order valence-electron chi connectivity index (χ3n) is 6.60. The summed E-state index contributed by atoms with van der Waals surface area (Å²) < 4.78 is 66.2. The summed E-state index contributed by atoms with van der Waals surface area (Å²) in [5.41, 5.74) is -0.0792. The van der Waals surface area contributed by atoms with Crippen LogP contribution in [0.2, 0.25) is 0 Å². The molecule has 0 spiro atoms. The fourth-order valence-electron chi connectivity index (χ4n) is 5.15. The van der Waals surface area contributed by atoms with Gasteiger partial charge in [0.2, 0.25) is 0 Å². The van der Waals surface area contributed by atoms with Gasteiger partial charge in [0.05, 0.1) is 0 Å². The molecule has 5 rings (SSSR count). The van der Waals surface area contributed by atoms with Gasteiger partial charge in [0, 0.05) is 5.56 Å². The Morgan fingerprint density at radius 2 is 1.69 bits per heavy atom. The van der Waals surface area contributed by atoms with Gasteiger partial charge in [-0.1, -0.05) is 12.1 Å². The van der Waals surface area contributed by atoms with Gasteiger partial charge in [-0.25, -0.2) is 0 Å². The number of halogens is 3. The molecule has 0 radical (unpaired) electrons. The van der Waals surface area contributed by atoms with Gasteiger partial charge in [0.1, 0.15) is 11.5 Å². The van der Waals surface area contributed by atoms with Gasteiger partial charge >= 0.3 is 15.6 Å². The molecule has 0 bridgehead atoms. The van der Waals surface area contributed by atoms with Crippen LogP contribution in [0.5, 0.6) is 11.5 Å². The maximum absolute atomic E-state index is 12.8. The standard InChI is InChI=1S/C21H19F3O4S/c22-21(23,24)29(26,27)28-19-9-7-16(20-12-5-4-11(12)10-17(19)20)14-6-8-18(25)15-3-1-2-13(14)15/h6-9,11-12,25H,1-5,10H2. The molecule has 1 saturated carbocycles. The lowest BCUT2D eigenvalue weighted by Gasteiger charge is -2.32. The topological polar surface area (TPSA) is 63.6 Å². The number of alkyl halides is 3. The molecule has 0 saturated heterocycles. The van der Waals surface area contributed by atoms with Gasteiger partial charge in [-0.2, -0.15) is 21.6 Å². The summed E-state index contributed by atoms with van der Waals surface area (Å²) in [6.45, 7) is 0. The fraction of sp³-hybridized carbons (Fsp3) is 0.429. The lowest BCUT2D eigenvalue weighted by atomic mass is 9.73. The maximum atomic E-state index is 12.8. The van der Waals surface area contributed by atoms with E-state index < -0.39 is 15.6 Å². The first-order chi connectivity index (χ1) is 13.7. The summed E-state index contributed by atoms with van der Waals surface area (Å²) in [5.74, 6) is 0.580. The molecule has 0 heterocycles. The first-order valence-corrected chi connectivity index (χ1v) is 11.1. The van der Waals surface area contributed by atoms with Gasteiger partial charge < -0.3 is 9.29 Å². The molecule has 0 amide bonds. The van der Waals surface area contributed by atoms with Crippen molar-refractivity contribution in [2.45, 2.75) is 50.0 Å². The molecule has 0 aromatic heterocycles. The van der Waals surface area contributed by atoms with E-state index in [4.69, 9.17) is 0 Å². The second-order valence-corrected chi connectivity index (χ2v) is 9.62. The van der Waals surface area contributed by atoms with E-state index in [1.165, 1.54) is 6.07 Å². The van der Waals surface area contributed by atoms with Gasteiger partial charge in [-0.15, -0.1) is 0 Å².